The number of hydrogen-bond acceptors (Lipinski definition) is 2. The van der Waals surface area contributed by atoms with E-state index in [2.05, 4.69) is 82.3 Å². The van der Waals surface area contributed by atoms with Crippen molar-refractivity contribution in [1.29, 1.82) is 0 Å². The third kappa shape index (κ3) is 3.75. The highest BCUT2D eigenvalue weighted by atomic mass is 14.8. The van der Waals surface area contributed by atoms with Gasteiger partial charge < -0.3 is 0 Å². The fraction of sp³-hybridized carbons (Fsp3) is 0.267. The Morgan fingerprint density at radius 3 is 2.25 bits per heavy atom. The van der Waals surface area contributed by atoms with Crippen molar-refractivity contribution >= 4 is 0 Å². The van der Waals surface area contributed by atoms with Crippen molar-refractivity contribution in [3.63, 3.8) is 0 Å². The number of aryl methyl sites for hydroxylation is 4. The van der Waals surface area contributed by atoms with E-state index in [9.17, 15) is 0 Å². The van der Waals surface area contributed by atoms with Gasteiger partial charge in [0, 0.05) is 16.7 Å². The Balaban J connectivity index is 1.79. The van der Waals surface area contributed by atoms with E-state index in [-0.39, 0.29) is 0 Å². The molecule has 1 aliphatic carbocycles. The van der Waals surface area contributed by atoms with E-state index in [0.29, 0.717) is 5.92 Å². The lowest BCUT2D eigenvalue weighted by atomic mass is 9.89. The molecule has 4 aromatic rings. The lowest BCUT2D eigenvalue weighted by molar-refractivity contribution is 0.657. The zero-order valence-corrected chi connectivity index (χ0v) is 19.4. The largest absolute Gasteiger partial charge is 0.252 e. The van der Waals surface area contributed by atoms with Gasteiger partial charge in [0.05, 0.1) is 23.3 Å². The summed E-state index contributed by atoms with van der Waals surface area (Å²) in [6.07, 6.45) is 5.51. The van der Waals surface area contributed by atoms with Crippen LogP contribution in [0.15, 0.2) is 66.9 Å². The molecule has 5 rings (SSSR count). The van der Waals surface area contributed by atoms with E-state index >= 15 is 0 Å². The summed E-state index contributed by atoms with van der Waals surface area (Å²) in [6.45, 7) is 8.81. The average molecular weight is 419 g/mol. The molecule has 32 heavy (non-hydrogen) atoms. The van der Waals surface area contributed by atoms with E-state index in [1.165, 1.54) is 39.8 Å². The van der Waals surface area contributed by atoms with Crippen molar-refractivity contribution < 1.29 is 0 Å². The fourth-order valence-corrected chi connectivity index (χ4v) is 5.29. The van der Waals surface area contributed by atoms with Crippen LogP contribution in [0.25, 0.3) is 33.8 Å². The van der Waals surface area contributed by atoms with Gasteiger partial charge in [-0.1, -0.05) is 66.1 Å². The molecule has 1 aromatic heterocycles. The van der Waals surface area contributed by atoms with E-state index in [0.717, 1.165) is 41.1 Å². The Morgan fingerprint density at radius 1 is 0.812 bits per heavy atom. The predicted molar refractivity (Wildman–Crippen MR) is 134 cm³/mol. The second-order valence-corrected chi connectivity index (χ2v) is 9.22. The molecule has 1 atom stereocenters. The van der Waals surface area contributed by atoms with E-state index in [1.54, 1.807) is 0 Å². The Hall–Kier alpha value is -3.26. The maximum absolute atomic E-state index is 5.22. The zero-order valence-electron chi connectivity index (χ0n) is 19.4. The molecule has 0 aliphatic heterocycles. The maximum atomic E-state index is 5.22. The van der Waals surface area contributed by atoms with Gasteiger partial charge in [0.1, 0.15) is 0 Å². The second kappa shape index (κ2) is 8.35. The van der Waals surface area contributed by atoms with Crippen LogP contribution in [0.1, 0.15) is 53.5 Å². The number of nitrogens with zero attached hydrogens (tertiary/aromatic N) is 2. The molecule has 0 fully saturated rings. The minimum atomic E-state index is 0.600. The molecule has 0 amide bonds. The highest BCUT2D eigenvalue weighted by molar-refractivity contribution is 5.83. The first-order valence-electron chi connectivity index (χ1n) is 11.7. The topological polar surface area (TPSA) is 25.8 Å². The molecular weight excluding hydrogens is 388 g/mol. The molecular formula is C30H30N2. The molecule has 160 valence electrons. The number of aromatic nitrogens is 2. The first kappa shape index (κ1) is 20.6. The quantitative estimate of drug-likeness (QED) is 0.337. The summed E-state index contributed by atoms with van der Waals surface area (Å²) in [4.78, 5) is 10.3. The van der Waals surface area contributed by atoms with Crippen molar-refractivity contribution in [3.05, 3.63) is 94.7 Å². The summed E-state index contributed by atoms with van der Waals surface area (Å²) in [6, 6.07) is 21.7. The van der Waals surface area contributed by atoms with Crippen LogP contribution in [0.5, 0.6) is 0 Å². The Kier molecular flexibility index (Phi) is 5.38. The summed E-state index contributed by atoms with van der Waals surface area (Å²) in [5.41, 5.74) is 13.2. The summed E-state index contributed by atoms with van der Waals surface area (Å²) in [5, 5.41) is 0. The van der Waals surface area contributed by atoms with Gasteiger partial charge in [-0.15, -0.1) is 0 Å². The fourth-order valence-electron chi connectivity index (χ4n) is 5.29. The minimum Gasteiger partial charge on any atom is -0.252 e. The third-order valence-electron chi connectivity index (χ3n) is 6.67. The lowest BCUT2D eigenvalue weighted by Gasteiger charge is -2.18. The highest BCUT2D eigenvalue weighted by Crippen LogP contribution is 2.44. The van der Waals surface area contributed by atoms with Gasteiger partial charge >= 0.3 is 0 Å². The second-order valence-electron chi connectivity index (χ2n) is 9.22. The highest BCUT2D eigenvalue weighted by Gasteiger charge is 2.27. The number of hydrogen-bond donors (Lipinski definition) is 0. The van der Waals surface area contributed by atoms with Crippen LogP contribution in [-0.2, 0) is 6.42 Å². The molecule has 1 heterocycles. The third-order valence-corrected chi connectivity index (χ3v) is 6.67. The minimum absolute atomic E-state index is 0.600. The van der Waals surface area contributed by atoms with Crippen molar-refractivity contribution in [3.8, 4) is 33.8 Å². The summed E-state index contributed by atoms with van der Waals surface area (Å²) < 4.78 is 0. The molecule has 1 unspecified atom stereocenters. The van der Waals surface area contributed by atoms with Crippen molar-refractivity contribution in [2.24, 2.45) is 0 Å². The number of benzene rings is 3. The van der Waals surface area contributed by atoms with Crippen LogP contribution in [-0.4, -0.2) is 9.97 Å². The Labute approximate surface area is 191 Å². The zero-order chi connectivity index (χ0) is 22.2. The van der Waals surface area contributed by atoms with Crippen molar-refractivity contribution in [2.75, 3.05) is 0 Å². The van der Waals surface area contributed by atoms with Gasteiger partial charge in [-0.05, 0) is 75.3 Å². The van der Waals surface area contributed by atoms with E-state index in [4.69, 9.17) is 9.97 Å². The standard InChI is InChI=1S/C30H30N2/c1-5-22-11-12-24-14-21(4)17-26(28(22)24)30-29(25-15-19(2)13-20(3)16-25)32-27(18-31-30)23-9-7-6-8-10-23/h6-10,13-18,22H,5,11-12H2,1-4H3. The number of rotatable bonds is 4. The summed E-state index contributed by atoms with van der Waals surface area (Å²) in [7, 11) is 0. The van der Waals surface area contributed by atoms with Crippen LogP contribution in [0, 0.1) is 20.8 Å². The molecule has 0 radical (unpaired) electrons. The smallest absolute Gasteiger partial charge is 0.0973 e. The Morgan fingerprint density at radius 2 is 1.53 bits per heavy atom. The molecule has 0 spiro atoms. The lowest BCUT2D eigenvalue weighted by Crippen LogP contribution is -2.02. The normalized spacial score (nSPS) is 15.1. The molecule has 0 saturated carbocycles. The van der Waals surface area contributed by atoms with Gasteiger partial charge in [0.15, 0.2) is 0 Å². The monoisotopic (exact) mass is 418 g/mol. The van der Waals surface area contributed by atoms with Crippen molar-refractivity contribution in [2.45, 2.75) is 52.9 Å². The molecule has 2 nitrogen and oxygen atoms in total. The Bertz CT molecular complexity index is 1270. The van der Waals surface area contributed by atoms with Crippen LogP contribution in [0.4, 0.5) is 0 Å². The summed E-state index contributed by atoms with van der Waals surface area (Å²) >= 11 is 0. The molecule has 2 heteroatoms. The molecule has 0 saturated heterocycles. The summed E-state index contributed by atoms with van der Waals surface area (Å²) in [5.74, 6) is 0.600. The average Bonchev–Trinajstić information content (AvgIpc) is 3.21. The van der Waals surface area contributed by atoms with E-state index < -0.39 is 0 Å². The first-order chi connectivity index (χ1) is 15.5. The molecule has 0 bridgehead atoms. The van der Waals surface area contributed by atoms with Gasteiger partial charge in [-0.3, -0.25) is 4.98 Å². The van der Waals surface area contributed by atoms with Gasteiger partial charge in [-0.25, -0.2) is 4.98 Å². The van der Waals surface area contributed by atoms with Crippen LogP contribution in [0.2, 0.25) is 0 Å². The molecule has 1 aliphatic rings. The van der Waals surface area contributed by atoms with Crippen LogP contribution in [0.3, 0.4) is 0 Å². The van der Waals surface area contributed by atoms with Gasteiger partial charge in [-0.2, -0.15) is 0 Å². The van der Waals surface area contributed by atoms with Gasteiger partial charge in [0.25, 0.3) is 0 Å². The predicted octanol–water partition coefficient (Wildman–Crippen LogP) is 7.84. The van der Waals surface area contributed by atoms with Crippen LogP contribution < -0.4 is 0 Å². The van der Waals surface area contributed by atoms with Crippen LogP contribution >= 0.6 is 0 Å². The molecule has 0 N–H and O–H groups in total. The number of fused-ring (bicyclic) bond motifs is 1. The van der Waals surface area contributed by atoms with Crippen molar-refractivity contribution in [1.82, 2.24) is 9.97 Å². The maximum Gasteiger partial charge on any atom is 0.0973 e. The SMILES string of the molecule is CCC1CCc2cc(C)cc(-c3ncc(-c4ccccc4)nc3-c3cc(C)cc(C)c3)c21. The first-order valence-corrected chi connectivity index (χ1v) is 11.7. The van der Waals surface area contributed by atoms with Gasteiger partial charge in [0.2, 0.25) is 0 Å². The van der Waals surface area contributed by atoms with E-state index in [1.807, 2.05) is 12.3 Å². The molecule has 3 aromatic carbocycles.